The van der Waals surface area contributed by atoms with Gasteiger partial charge in [-0.3, -0.25) is 0 Å². The Labute approximate surface area is 190 Å². The van der Waals surface area contributed by atoms with Crippen molar-refractivity contribution in [1.82, 2.24) is 5.32 Å². The number of benzene rings is 3. The van der Waals surface area contributed by atoms with Gasteiger partial charge in [0.05, 0.1) is 12.1 Å². The summed E-state index contributed by atoms with van der Waals surface area (Å²) in [6.45, 7) is 1.66. The summed E-state index contributed by atoms with van der Waals surface area (Å²) < 4.78 is 24.4. The maximum atomic E-state index is 13.2. The molecule has 1 N–H and O–H groups in total. The van der Waals surface area contributed by atoms with Crippen molar-refractivity contribution in [2.45, 2.75) is 19.6 Å². The molecule has 0 unspecified atom stereocenters. The van der Waals surface area contributed by atoms with Crippen molar-refractivity contribution in [3.63, 3.8) is 0 Å². The van der Waals surface area contributed by atoms with Crippen molar-refractivity contribution in [2.24, 2.45) is 0 Å². The summed E-state index contributed by atoms with van der Waals surface area (Å²) in [7, 11) is 1.59. The van der Waals surface area contributed by atoms with Crippen LogP contribution in [-0.4, -0.2) is 13.7 Å². The molecule has 0 radical (unpaired) electrons. The molecule has 0 aliphatic carbocycles. The van der Waals surface area contributed by atoms with Crippen LogP contribution in [0.2, 0.25) is 15.1 Å². The Morgan fingerprint density at radius 2 is 1.63 bits per heavy atom. The lowest BCUT2D eigenvalue weighted by Crippen LogP contribution is -2.16. The van der Waals surface area contributed by atoms with Crippen molar-refractivity contribution in [1.29, 1.82) is 0 Å². The lowest BCUT2D eigenvalue weighted by Gasteiger charge is -2.13. The monoisotopic (exact) mass is 467 g/mol. The van der Waals surface area contributed by atoms with E-state index in [1.807, 2.05) is 30.3 Å². The van der Waals surface area contributed by atoms with Gasteiger partial charge in [-0.25, -0.2) is 4.39 Å². The van der Waals surface area contributed by atoms with E-state index in [1.54, 1.807) is 19.2 Å². The van der Waals surface area contributed by atoms with Gasteiger partial charge < -0.3 is 14.8 Å². The number of rotatable bonds is 9. The van der Waals surface area contributed by atoms with E-state index in [4.69, 9.17) is 44.3 Å². The molecule has 3 aromatic rings. The Morgan fingerprint density at radius 3 is 2.37 bits per heavy atom. The van der Waals surface area contributed by atoms with Gasteiger partial charge in [-0.2, -0.15) is 0 Å². The van der Waals surface area contributed by atoms with Crippen LogP contribution in [0.3, 0.4) is 0 Å². The Kier molecular flexibility index (Phi) is 8.23. The van der Waals surface area contributed by atoms with E-state index in [0.717, 1.165) is 24.1 Å². The van der Waals surface area contributed by atoms with E-state index in [2.05, 4.69) is 5.32 Å². The van der Waals surface area contributed by atoms with Crippen LogP contribution in [0.5, 0.6) is 11.5 Å². The minimum absolute atomic E-state index is 0.217. The van der Waals surface area contributed by atoms with Crippen LogP contribution in [0, 0.1) is 5.82 Å². The Hall–Kier alpha value is -1.98. The lowest BCUT2D eigenvalue weighted by molar-refractivity contribution is 0.284. The molecule has 3 nitrogen and oxygen atoms in total. The minimum Gasteiger partial charge on any atom is -0.493 e. The molecule has 0 heterocycles. The second kappa shape index (κ2) is 10.9. The number of nitrogens with one attached hydrogen (secondary N) is 1. The van der Waals surface area contributed by atoms with Gasteiger partial charge in [-0.15, -0.1) is 0 Å². The summed E-state index contributed by atoms with van der Waals surface area (Å²) in [5.41, 5.74) is 2.81. The highest BCUT2D eigenvalue weighted by Gasteiger charge is 2.09. The van der Waals surface area contributed by atoms with Crippen LogP contribution in [0.1, 0.15) is 16.7 Å². The van der Waals surface area contributed by atoms with Gasteiger partial charge in [0.2, 0.25) is 0 Å². The molecule has 0 bridgehead atoms. The van der Waals surface area contributed by atoms with E-state index < -0.39 is 0 Å². The molecule has 3 rings (SSSR count). The topological polar surface area (TPSA) is 30.5 Å². The van der Waals surface area contributed by atoms with Gasteiger partial charge >= 0.3 is 0 Å². The van der Waals surface area contributed by atoms with Crippen LogP contribution >= 0.6 is 34.8 Å². The zero-order valence-corrected chi connectivity index (χ0v) is 18.6. The molecule has 0 fully saturated rings. The van der Waals surface area contributed by atoms with Gasteiger partial charge in [0.15, 0.2) is 11.5 Å². The molecule has 0 aromatic heterocycles. The standard InChI is InChI=1S/C23H21Cl3FNO2/c1-29-23-10-15(13-28-9-8-16-3-5-18(24)11-20(16)25)2-7-22(23)30-14-17-4-6-19(27)12-21(17)26/h2-7,10-12,28H,8-9,13-14H2,1H3. The zero-order chi connectivity index (χ0) is 21.5. The number of hydrogen-bond acceptors (Lipinski definition) is 3. The molecule has 0 saturated heterocycles. The fourth-order valence-electron chi connectivity index (χ4n) is 2.92. The molecule has 30 heavy (non-hydrogen) atoms. The first-order chi connectivity index (χ1) is 14.5. The number of methoxy groups -OCH3 is 1. The molecule has 0 spiro atoms. The van der Waals surface area contributed by atoms with Gasteiger partial charge in [-0.05, 0) is 60.5 Å². The van der Waals surface area contributed by atoms with Crippen LogP contribution in [0.15, 0.2) is 54.6 Å². The Balaban J connectivity index is 1.54. The third-order valence-electron chi connectivity index (χ3n) is 4.54. The van der Waals surface area contributed by atoms with Crippen molar-refractivity contribution in [3.8, 4) is 11.5 Å². The zero-order valence-electron chi connectivity index (χ0n) is 16.4. The highest BCUT2D eigenvalue weighted by atomic mass is 35.5. The molecule has 0 amide bonds. The summed E-state index contributed by atoms with van der Waals surface area (Å²) in [4.78, 5) is 0. The van der Waals surface area contributed by atoms with Crippen molar-refractivity contribution in [2.75, 3.05) is 13.7 Å². The maximum absolute atomic E-state index is 13.2. The summed E-state index contributed by atoms with van der Waals surface area (Å²) in [5.74, 6) is 0.833. The molecule has 0 aliphatic heterocycles. The van der Waals surface area contributed by atoms with Gasteiger partial charge in [0.25, 0.3) is 0 Å². The van der Waals surface area contributed by atoms with Gasteiger partial charge in [0.1, 0.15) is 12.4 Å². The van der Waals surface area contributed by atoms with E-state index in [1.165, 1.54) is 12.1 Å². The summed E-state index contributed by atoms with van der Waals surface area (Å²) in [5, 5.41) is 5.03. The molecular formula is C23H21Cl3FNO2. The van der Waals surface area contributed by atoms with Crippen molar-refractivity contribution < 1.29 is 13.9 Å². The molecular weight excluding hydrogens is 448 g/mol. The Bertz CT molecular complexity index is 1010. The third kappa shape index (κ3) is 6.26. The molecule has 3 aromatic carbocycles. The lowest BCUT2D eigenvalue weighted by atomic mass is 10.1. The largest absolute Gasteiger partial charge is 0.493 e. The average Bonchev–Trinajstić information content (AvgIpc) is 2.72. The number of ether oxygens (including phenoxy) is 2. The van der Waals surface area contributed by atoms with E-state index in [0.29, 0.717) is 38.7 Å². The normalized spacial score (nSPS) is 10.8. The summed E-state index contributed by atoms with van der Waals surface area (Å²) in [6, 6.07) is 15.5. The quantitative estimate of drug-likeness (QED) is 0.354. The molecule has 7 heteroatoms. The van der Waals surface area contributed by atoms with E-state index >= 15 is 0 Å². The Morgan fingerprint density at radius 1 is 0.867 bits per heavy atom. The van der Waals surface area contributed by atoms with Crippen molar-refractivity contribution >= 4 is 34.8 Å². The SMILES string of the molecule is COc1cc(CNCCc2ccc(Cl)cc2Cl)ccc1OCc1ccc(F)cc1Cl. The third-order valence-corrected chi connectivity index (χ3v) is 5.48. The first-order valence-corrected chi connectivity index (χ1v) is 10.5. The van der Waals surface area contributed by atoms with Crippen molar-refractivity contribution in [3.05, 3.63) is 92.2 Å². The van der Waals surface area contributed by atoms with Gasteiger partial charge in [-0.1, -0.05) is 53.0 Å². The van der Waals surface area contributed by atoms with E-state index in [-0.39, 0.29) is 12.4 Å². The predicted molar refractivity (Wildman–Crippen MR) is 121 cm³/mol. The number of halogens is 4. The van der Waals surface area contributed by atoms with Crippen LogP contribution in [0.4, 0.5) is 4.39 Å². The molecule has 0 atom stereocenters. The van der Waals surface area contributed by atoms with Crippen LogP contribution in [-0.2, 0) is 19.6 Å². The van der Waals surface area contributed by atoms with Crippen LogP contribution in [0.25, 0.3) is 0 Å². The van der Waals surface area contributed by atoms with Crippen LogP contribution < -0.4 is 14.8 Å². The smallest absolute Gasteiger partial charge is 0.161 e. The van der Waals surface area contributed by atoms with Gasteiger partial charge in [0, 0.05) is 22.2 Å². The maximum Gasteiger partial charge on any atom is 0.161 e. The highest BCUT2D eigenvalue weighted by Crippen LogP contribution is 2.30. The molecule has 0 aliphatic rings. The summed E-state index contributed by atoms with van der Waals surface area (Å²) >= 11 is 18.2. The fourth-order valence-corrected chi connectivity index (χ4v) is 3.64. The first kappa shape index (κ1) is 22.7. The highest BCUT2D eigenvalue weighted by molar-refractivity contribution is 6.35. The predicted octanol–water partition coefficient (Wildman–Crippen LogP) is 6.71. The fraction of sp³-hybridized carbons (Fsp3) is 0.217. The first-order valence-electron chi connectivity index (χ1n) is 9.34. The average molecular weight is 469 g/mol. The van der Waals surface area contributed by atoms with E-state index in [9.17, 15) is 4.39 Å². The summed E-state index contributed by atoms with van der Waals surface area (Å²) in [6.07, 6.45) is 0.798. The number of hydrogen-bond donors (Lipinski definition) is 1. The second-order valence-electron chi connectivity index (χ2n) is 6.67. The molecule has 158 valence electrons. The minimum atomic E-state index is -0.378. The second-order valence-corrected chi connectivity index (χ2v) is 7.92. The molecule has 0 saturated carbocycles.